The van der Waals surface area contributed by atoms with Gasteiger partial charge in [0.05, 0.1) is 11.5 Å². The van der Waals surface area contributed by atoms with Crippen LogP contribution in [-0.2, 0) is 11.2 Å². The highest BCUT2D eigenvalue weighted by atomic mass is 16.4. The molecule has 5 nitrogen and oxygen atoms in total. The zero-order valence-corrected chi connectivity index (χ0v) is 12.4. The van der Waals surface area contributed by atoms with Gasteiger partial charge in [-0.1, -0.05) is 19.9 Å². The Kier molecular flexibility index (Phi) is 4.31. The average molecular weight is 289 g/mol. The second-order valence-electron chi connectivity index (χ2n) is 5.26. The van der Waals surface area contributed by atoms with Crippen molar-refractivity contribution in [1.82, 2.24) is 4.90 Å². The van der Waals surface area contributed by atoms with E-state index in [1.807, 2.05) is 25.1 Å². The topological polar surface area (TPSA) is 70.8 Å². The average Bonchev–Trinajstić information content (AvgIpc) is 2.88. The molecule has 1 aromatic heterocycles. The van der Waals surface area contributed by atoms with Crippen molar-refractivity contribution in [3.8, 4) is 0 Å². The van der Waals surface area contributed by atoms with E-state index in [0.717, 1.165) is 17.4 Å². The molecular weight excluding hydrogens is 270 g/mol. The first-order valence-electron chi connectivity index (χ1n) is 6.92. The monoisotopic (exact) mass is 289 g/mol. The van der Waals surface area contributed by atoms with Crippen LogP contribution >= 0.6 is 0 Å². The van der Waals surface area contributed by atoms with E-state index in [9.17, 15) is 9.59 Å². The van der Waals surface area contributed by atoms with Crippen LogP contribution in [0.25, 0.3) is 11.0 Å². The van der Waals surface area contributed by atoms with Crippen molar-refractivity contribution in [2.75, 3.05) is 13.6 Å². The van der Waals surface area contributed by atoms with Crippen LogP contribution in [0, 0.1) is 5.92 Å². The highest BCUT2D eigenvalue weighted by Gasteiger charge is 2.21. The van der Waals surface area contributed by atoms with Gasteiger partial charge < -0.3 is 14.4 Å². The Morgan fingerprint density at radius 2 is 2.10 bits per heavy atom. The number of rotatable bonds is 5. The molecule has 1 heterocycles. The van der Waals surface area contributed by atoms with Crippen molar-refractivity contribution >= 4 is 22.8 Å². The molecule has 112 valence electrons. The van der Waals surface area contributed by atoms with E-state index in [1.54, 1.807) is 14.0 Å². The SMILES string of the molecule is CCc1ccc2occ(C(=O)N(C)CC(C)C(=O)O)c2c1. The van der Waals surface area contributed by atoms with E-state index in [1.165, 1.54) is 11.2 Å². The van der Waals surface area contributed by atoms with E-state index in [4.69, 9.17) is 9.52 Å². The molecule has 5 heteroatoms. The summed E-state index contributed by atoms with van der Waals surface area (Å²) in [6, 6.07) is 5.77. The van der Waals surface area contributed by atoms with Crippen molar-refractivity contribution in [2.24, 2.45) is 5.92 Å². The van der Waals surface area contributed by atoms with Crippen LogP contribution in [0.2, 0.25) is 0 Å². The Labute approximate surface area is 123 Å². The lowest BCUT2D eigenvalue weighted by atomic mass is 10.1. The van der Waals surface area contributed by atoms with Crippen molar-refractivity contribution < 1.29 is 19.1 Å². The third-order valence-electron chi connectivity index (χ3n) is 3.59. The fraction of sp³-hybridized carbons (Fsp3) is 0.375. The van der Waals surface area contributed by atoms with E-state index in [-0.39, 0.29) is 12.5 Å². The Hall–Kier alpha value is -2.30. The Morgan fingerprint density at radius 3 is 2.71 bits per heavy atom. The van der Waals surface area contributed by atoms with Crippen LogP contribution in [0.15, 0.2) is 28.9 Å². The standard InChI is InChI=1S/C16H19NO4/c1-4-11-5-6-14-12(7-11)13(9-21-14)15(18)17(3)8-10(2)16(19)20/h5-7,9-10H,4,8H2,1-3H3,(H,19,20). The number of carbonyl (C=O) groups excluding carboxylic acids is 1. The second kappa shape index (κ2) is 5.99. The molecule has 21 heavy (non-hydrogen) atoms. The third kappa shape index (κ3) is 3.07. The third-order valence-corrected chi connectivity index (χ3v) is 3.59. The molecule has 2 aromatic rings. The van der Waals surface area contributed by atoms with Gasteiger partial charge in [0.2, 0.25) is 0 Å². The minimum absolute atomic E-state index is 0.161. The predicted molar refractivity (Wildman–Crippen MR) is 79.4 cm³/mol. The van der Waals surface area contributed by atoms with Crippen molar-refractivity contribution in [2.45, 2.75) is 20.3 Å². The first-order valence-corrected chi connectivity index (χ1v) is 6.92. The zero-order valence-electron chi connectivity index (χ0n) is 12.4. The number of carboxylic acid groups (broad SMARTS) is 1. The van der Waals surface area contributed by atoms with Crippen LogP contribution in [0.3, 0.4) is 0 Å². The summed E-state index contributed by atoms with van der Waals surface area (Å²) < 4.78 is 5.41. The number of hydrogen-bond donors (Lipinski definition) is 1. The number of hydrogen-bond acceptors (Lipinski definition) is 3. The lowest BCUT2D eigenvalue weighted by Crippen LogP contribution is -2.33. The van der Waals surface area contributed by atoms with Gasteiger partial charge in [-0.2, -0.15) is 0 Å². The summed E-state index contributed by atoms with van der Waals surface area (Å²) in [5.41, 5.74) is 2.26. The predicted octanol–water partition coefficient (Wildman–Crippen LogP) is 2.79. The van der Waals surface area contributed by atoms with E-state index >= 15 is 0 Å². The van der Waals surface area contributed by atoms with Gasteiger partial charge in [0, 0.05) is 19.0 Å². The Bertz CT molecular complexity index is 674. The van der Waals surface area contributed by atoms with Gasteiger partial charge in [0.25, 0.3) is 5.91 Å². The molecule has 1 aromatic carbocycles. The van der Waals surface area contributed by atoms with Crippen LogP contribution in [0.4, 0.5) is 0 Å². The van der Waals surface area contributed by atoms with Gasteiger partial charge in [-0.15, -0.1) is 0 Å². The molecule has 0 aliphatic heterocycles. The van der Waals surface area contributed by atoms with E-state index in [2.05, 4.69) is 0 Å². The van der Waals surface area contributed by atoms with Crippen LogP contribution in [0.1, 0.15) is 29.8 Å². The van der Waals surface area contributed by atoms with Crippen LogP contribution < -0.4 is 0 Å². The van der Waals surface area contributed by atoms with Crippen LogP contribution in [0.5, 0.6) is 0 Å². The van der Waals surface area contributed by atoms with Gasteiger partial charge >= 0.3 is 5.97 Å². The Morgan fingerprint density at radius 1 is 1.38 bits per heavy atom. The lowest BCUT2D eigenvalue weighted by Gasteiger charge is -2.18. The number of carboxylic acids is 1. The number of carbonyl (C=O) groups is 2. The molecule has 0 aliphatic carbocycles. The molecule has 0 saturated heterocycles. The maximum atomic E-state index is 12.5. The molecule has 0 fully saturated rings. The zero-order chi connectivity index (χ0) is 15.6. The van der Waals surface area contributed by atoms with E-state index in [0.29, 0.717) is 11.1 Å². The normalized spacial score (nSPS) is 12.3. The lowest BCUT2D eigenvalue weighted by molar-refractivity contribution is -0.141. The molecule has 2 rings (SSSR count). The summed E-state index contributed by atoms with van der Waals surface area (Å²) in [6.07, 6.45) is 2.31. The van der Waals surface area contributed by atoms with Gasteiger partial charge in [0.15, 0.2) is 0 Å². The smallest absolute Gasteiger partial charge is 0.308 e. The summed E-state index contributed by atoms with van der Waals surface area (Å²) in [6.45, 7) is 3.78. The minimum atomic E-state index is -0.917. The molecular formula is C16H19NO4. The van der Waals surface area contributed by atoms with Gasteiger partial charge in [-0.05, 0) is 24.1 Å². The first-order chi connectivity index (χ1) is 9.93. The number of furan rings is 1. The fourth-order valence-electron chi connectivity index (χ4n) is 2.24. The molecule has 1 atom stereocenters. The molecule has 1 unspecified atom stereocenters. The van der Waals surface area contributed by atoms with Gasteiger partial charge in [-0.25, -0.2) is 0 Å². The number of nitrogens with zero attached hydrogens (tertiary/aromatic N) is 1. The van der Waals surface area contributed by atoms with Gasteiger partial charge in [-0.3, -0.25) is 9.59 Å². The number of amides is 1. The molecule has 0 aliphatic rings. The first kappa shape index (κ1) is 15.1. The minimum Gasteiger partial charge on any atom is -0.481 e. The highest BCUT2D eigenvalue weighted by molar-refractivity contribution is 6.06. The summed E-state index contributed by atoms with van der Waals surface area (Å²) in [5, 5.41) is 9.70. The van der Waals surface area contributed by atoms with Crippen molar-refractivity contribution in [1.29, 1.82) is 0 Å². The van der Waals surface area contributed by atoms with Crippen LogP contribution in [-0.4, -0.2) is 35.5 Å². The molecule has 1 amide bonds. The Balaban J connectivity index is 2.28. The summed E-state index contributed by atoms with van der Waals surface area (Å²) >= 11 is 0. The number of aliphatic carboxylic acids is 1. The summed E-state index contributed by atoms with van der Waals surface area (Å²) in [7, 11) is 1.60. The molecule has 1 N–H and O–H groups in total. The molecule has 0 saturated carbocycles. The maximum absolute atomic E-state index is 12.5. The van der Waals surface area contributed by atoms with E-state index < -0.39 is 11.9 Å². The summed E-state index contributed by atoms with van der Waals surface area (Å²) in [4.78, 5) is 24.8. The molecule has 0 spiro atoms. The molecule has 0 radical (unpaired) electrons. The fourth-order valence-corrected chi connectivity index (χ4v) is 2.24. The number of aryl methyl sites for hydroxylation is 1. The van der Waals surface area contributed by atoms with Crippen molar-refractivity contribution in [3.63, 3.8) is 0 Å². The maximum Gasteiger partial charge on any atom is 0.308 e. The number of fused-ring (bicyclic) bond motifs is 1. The number of benzene rings is 1. The second-order valence-corrected chi connectivity index (χ2v) is 5.26. The molecule has 0 bridgehead atoms. The highest BCUT2D eigenvalue weighted by Crippen LogP contribution is 2.24. The van der Waals surface area contributed by atoms with Gasteiger partial charge in [0.1, 0.15) is 11.8 Å². The van der Waals surface area contributed by atoms with Crippen molar-refractivity contribution in [3.05, 3.63) is 35.6 Å². The quantitative estimate of drug-likeness (QED) is 0.918. The largest absolute Gasteiger partial charge is 0.481 e. The summed E-state index contributed by atoms with van der Waals surface area (Å²) in [5.74, 6) is -1.75.